The number of carboxylic acid groups (broad SMARTS) is 1. The van der Waals surface area contributed by atoms with Crippen LogP contribution in [-0.2, 0) is 5.41 Å². The Morgan fingerprint density at radius 2 is 2.05 bits per heavy atom. The predicted molar refractivity (Wildman–Crippen MR) is 77.8 cm³/mol. The molecule has 0 bridgehead atoms. The number of carboxylic acids is 1. The van der Waals surface area contributed by atoms with Crippen LogP contribution in [0.3, 0.4) is 0 Å². The Kier molecular flexibility index (Phi) is 3.99. The SMILES string of the molecule is CC(C)(C)c1nnsc1C(=O)Nc1cccnc1C(=O)O. The largest absolute Gasteiger partial charge is 0.476 e. The lowest BCUT2D eigenvalue weighted by atomic mass is 9.91. The fourth-order valence-corrected chi connectivity index (χ4v) is 2.46. The second kappa shape index (κ2) is 5.57. The fraction of sp³-hybridized carbons (Fsp3) is 0.308. The molecule has 2 N–H and O–H groups in total. The number of nitrogens with one attached hydrogen (secondary N) is 1. The second-order valence-electron chi connectivity index (χ2n) is 5.36. The molecule has 0 saturated carbocycles. The highest BCUT2D eigenvalue weighted by molar-refractivity contribution is 7.08. The van der Waals surface area contributed by atoms with Gasteiger partial charge in [-0.1, -0.05) is 25.3 Å². The molecule has 0 fully saturated rings. The minimum Gasteiger partial charge on any atom is -0.476 e. The molecule has 2 rings (SSSR count). The lowest BCUT2D eigenvalue weighted by molar-refractivity contribution is 0.0691. The van der Waals surface area contributed by atoms with Crippen molar-refractivity contribution in [3.8, 4) is 0 Å². The van der Waals surface area contributed by atoms with Gasteiger partial charge in [-0.15, -0.1) is 5.10 Å². The number of nitrogens with zero attached hydrogens (tertiary/aromatic N) is 3. The number of pyridine rings is 1. The lowest BCUT2D eigenvalue weighted by Crippen LogP contribution is -2.21. The van der Waals surface area contributed by atoms with Crippen molar-refractivity contribution in [1.82, 2.24) is 14.6 Å². The number of hydrogen-bond donors (Lipinski definition) is 2. The average molecular weight is 306 g/mol. The molecule has 1 amide bonds. The van der Waals surface area contributed by atoms with Crippen LogP contribution in [0, 0.1) is 0 Å². The summed E-state index contributed by atoms with van der Waals surface area (Å²) in [5.74, 6) is -1.64. The Hall–Kier alpha value is -2.35. The molecule has 0 spiro atoms. The maximum absolute atomic E-state index is 12.3. The summed E-state index contributed by atoms with van der Waals surface area (Å²) in [5.41, 5.74) is 0.180. The number of amides is 1. The Labute approximate surface area is 125 Å². The minimum atomic E-state index is -1.20. The zero-order valence-corrected chi connectivity index (χ0v) is 12.6. The van der Waals surface area contributed by atoms with Crippen molar-refractivity contribution in [2.45, 2.75) is 26.2 Å². The smallest absolute Gasteiger partial charge is 0.356 e. The van der Waals surface area contributed by atoms with Crippen LogP contribution in [0.25, 0.3) is 0 Å². The summed E-state index contributed by atoms with van der Waals surface area (Å²) >= 11 is 0.977. The summed E-state index contributed by atoms with van der Waals surface area (Å²) in [6, 6.07) is 3.04. The predicted octanol–water partition coefficient (Wildman–Crippen LogP) is 2.18. The molecule has 0 radical (unpaired) electrons. The number of aromatic carboxylic acids is 1. The summed E-state index contributed by atoms with van der Waals surface area (Å²) in [4.78, 5) is 27.5. The van der Waals surface area contributed by atoms with Crippen LogP contribution >= 0.6 is 11.5 Å². The molecule has 110 valence electrons. The summed E-state index contributed by atoms with van der Waals surface area (Å²) in [7, 11) is 0. The van der Waals surface area contributed by atoms with Gasteiger partial charge in [-0.25, -0.2) is 9.78 Å². The van der Waals surface area contributed by atoms with E-state index in [0.29, 0.717) is 10.6 Å². The van der Waals surface area contributed by atoms with Gasteiger partial charge >= 0.3 is 5.97 Å². The third kappa shape index (κ3) is 3.22. The Morgan fingerprint density at radius 1 is 1.33 bits per heavy atom. The fourth-order valence-electron chi connectivity index (χ4n) is 1.69. The number of carbonyl (C=O) groups is 2. The summed E-state index contributed by atoms with van der Waals surface area (Å²) in [6.07, 6.45) is 1.36. The second-order valence-corrected chi connectivity index (χ2v) is 6.11. The molecule has 2 aromatic heterocycles. The van der Waals surface area contributed by atoms with Crippen LogP contribution in [0.2, 0.25) is 0 Å². The van der Waals surface area contributed by atoms with Crippen molar-refractivity contribution in [1.29, 1.82) is 0 Å². The molecule has 0 aliphatic heterocycles. The van der Waals surface area contributed by atoms with E-state index < -0.39 is 11.9 Å². The third-order valence-corrected chi connectivity index (χ3v) is 3.39. The van der Waals surface area contributed by atoms with Gasteiger partial charge in [0.1, 0.15) is 4.88 Å². The van der Waals surface area contributed by atoms with E-state index in [9.17, 15) is 9.59 Å². The van der Waals surface area contributed by atoms with E-state index in [0.717, 1.165) is 11.5 Å². The van der Waals surface area contributed by atoms with Crippen molar-refractivity contribution in [2.75, 3.05) is 5.32 Å². The van der Waals surface area contributed by atoms with Crippen molar-refractivity contribution >= 4 is 29.1 Å². The third-order valence-electron chi connectivity index (χ3n) is 2.66. The maximum atomic E-state index is 12.3. The van der Waals surface area contributed by atoms with E-state index in [1.54, 1.807) is 6.07 Å². The zero-order valence-electron chi connectivity index (χ0n) is 11.7. The van der Waals surface area contributed by atoms with Crippen molar-refractivity contribution in [3.05, 3.63) is 34.6 Å². The topological polar surface area (TPSA) is 105 Å². The van der Waals surface area contributed by atoms with Gasteiger partial charge in [0, 0.05) is 11.6 Å². The van der Waals surface area contributed by atoms with E-state index in [-0.39, 0.29) is 16.8 Å². The molecule has 0 aromatic carbocycles. The van der Waals surface area contributed by atoms with E-state index in [1.165, 1.54) is 12.3 Å². The van der Waals surface area contributed by atoms with Gasteiger partial charge in [0.2, 0.25) is 0 Å². The monoisotopic (exact) mass is 306 g/mol. The first-order valence-electron chi connectivity index (χ1n) is 6.13. The zero-order chi connectivity index (χ0) is 15.6. The molecule has 0 aliphatic rings. The maximum Gasteiger partial charge on any atom is 0.356 e. The number of carbonyl (C=O) groups excluding carboxylic acids is 1. The van der Waals surface area contributed by atoms with Gasteiger partial charge in [-0.3, -0.25) is 4.79 Å². The van der Waals surface area contributed by atoms with Crippen LogP contribution in [0.1, 0.15) is 46.6 Å². The quantitative estimate of drug-likeness (QED) is 0.900. The Morgan fingerprint density at radius 3 is 2.67 bits per heavy atom. The van der Waals surface area contributed by atoms with Gasteiger partial charge in [0.05, 0.1) is 11.4 Å². The molecular formula is C13H14N4O3S. The highest BCUT2D eigenvalue weighted by atomic mass is 32.1. The summed E-state index contributed by atoms with van der Waals surface area (Å²) in [5, 5.41) is 15.6. The van der Waals surface area contributed by atoms with Crippen LogP contribution in [0.5, 0.6) is 0 Å². The van der Waals surface area contributed by atoms with Crippen LogP contribution in [-0.4, -0.2) is 31.6 Å². The number of anilines is 1. The minimum absolute atomic E-state index is 0.142. The van der Waals surface area contributed by atoms with Gasteiger partial charge in [-0.2, -0.15) is 0 Å². The average Bonchev–Trinajstić information content (AvgIpc) is 2.88. The Bertz CT molecular complexity index is 691. The van der Waals surface area contributed by atoms with Crippen molar-refractivity contribution in [2.24, 2.45) is 0 Å². The molecular weight excluding hydrogens is 292 g/mol. The van der Waals surface area contributed by atoms with Crippen LogP contribution in [0.4, 0.5) is 5.69 Å². The molecule has 7 nitrogen and oxygen atoms in total. The standard InChI is InChI=1S/C13H14N4O3S/c1-13(2,3)10-9(21-17-16-10)11(18)15-7-5-4-6-14-8(7)12(19)20/h4-6H,1-3H3,(H,15,18)(H,19,20). The van der Waals surface area contributed by atoms with Crippen molar-refractivity contribution < 1.29 is 14.7 Å². The normalized spacial score (nSPS) is 11.2. The summed E-state index contributed by atoms with van der Waals surface area (Å²) in [6.45, 7) is 5.77. The molecule has 2 aromatic rings. The molecule has 0 saturated heterocycles. The van der Waals surface area contributed by atoms with Crippen LogP contribution in [0.15, 0.2) is 18.3 Å². The molecule has 8 heteroatoms. The first kappa shape index (κ1) is 15.0. The van der Waals surface area contributed by atoms with Gasteiger partial charge in [0.15, 0.2) is 5.69 Å². The first-order valence-corrected chi connectivity index (χ1v) is 6.90. The van der Waals surface area contributed by atoms with Crippen LogP contribution < -0.4 is 5.32 Å². The number of rotatable bonds is 3. The van der Waals surface area contributed by atoms with E-state index in [4.69, 9.17) is 5.11 Å². The molecule has 2 heterocycles. The first-order chi connectivity index (χ1) is 9.80. The molecule has 0 unspecified atom stereocenters. The lowest BCUT2D eigenvalue weighted by Gasteiger charge is -2.16. The number of hydrogen-bond acceptors (Lipinski definition) is 6. The van der Waals surface area contributed by atoms with E-state index >= 15 is 0 Å². The summed E-state index contributed by atoms with van der Waals surface area (Å²) < 4.78 is 3.81. The molecule has 0 atom stereocenters. The highest BCUT2D eigenvalue weighted by Gasteiger charge is 2.27. The van der Waals surface area contributed by atoms with E-state index in [1.807, 2.05) is 20.8 Å². The highest BCUT2D eigenvalue weighted by Crippen LogP contribution is 2.26. The molecule has 21 heavy (non-hydrogen) atoms. The van der Waals surface area contributed by atoms with Gasteiger partial charge in [-0.05, 0) is 23.7 Å². The Balaban J connectivity index is 2.32. The van der Waals surface area contributed by atoms with Gasteiger partial charge < -0.3 is 10.4 Å². The van der Waals surface area contributed by atoms with Crippen molar-refractivity contribution in [3.63, 3.8) is 0 Å². The molecule has 0 aliphatic carbocycles. The van der Waals surface area contributed by atoms with Gasteiger partial charge in [0.25, 0.3) is 5.91 Å². The number of aromatic nitrogens is 3. The van der Waals surface area contributed by atoms with E-state index in [2.05, 4.69) is 19.9 Å².